The van der Waals surface area contributed by atoms with E-state index in [9.17, 15) is 0 Å². The Kier molecular flexibility index (Phi) is 7.82. The lowest BCUT2D eigenvalue weighted by atomic mass is 9.86. The maximum atomic E-state index is 5.13. The maximum absolute atomic E-state index is 5.13. The van der Waals surface area contributed by atoms with Gasteiger partial charge in [-0.25, -0.2) is 9.97 Å². The first-order valence-electron chi connectivity index (χ1n) is 20.4. The third-order valence-corrected chi connectivity index (χ3v) is 12.0. The number of anilines is 3. The van der Waals surface area contributed by atoms with Gasteiger partial charge in [-0.05, 0) is 110 Å². The fourth-order valence-corrected chi connectivity index (χ4v) is 9.26. The topological polar surface area (TPSA) is 34.0 Å². The zero-order chi connectivity index (χ0) is 39.6. The van der Waals surface area contributed by atoms with E-state index in [1.54, 1.807) is 0 Å². The van der Waals surface area contributed by atoms with E-state index in [1.165, 1.54) is 49.4 Å². The van der Waals surface area contributed by atoms with Crippen molar-refractivity contribution in [3.63, 3.8) is 0 Å². The third kappa shape index (κ3) is 5.46. The molecule has 11 aromatic rings. The quantitative estimate of drug-likeness (QED) is 0.169. The minimum Gasteiger partial charge on any atom is -0.294 e. The number of hydrogen-bond donors (Lipinski definition) is 0. The van der Waals surface area contributed by atoms with Crippen molar-refractivity contribution >= 4 is 49.8 Å². The van der Waals surface area contributed by atoms with Gasteiger partial charge in [-0.15, -0.1) is 0 Å². The smallest absolute Gasteiger partial charge is 0.138 e. The molecule has 280 valence electrons. The summed E-state index contributed by atoms with van der Waals surface area (Å²) in [5.41, 5.74) is 16.0. The van der Waals surface area contributed by atoms with Gasteiger partial charge in [0, 0.05) is 34.1 Å². The van der Waals surface area contributed by atoms with Crippen molar-refractivity contribution in [3.05, 3.63) is 219 Å². The van der Waals surface area contributed by atoms with Crippen LogP contribution in [0, 0.1) is 0 Å². The Balaban J connectivity index is 1.18. The van der Waals surface area contributed by atoms with E-state index in [0.717, 1.165) is 61.9 Å². The van der Waals surface area contributed by atoms with Crippen molar-refractivity contribution in [2.45, 2.75) is 0 Å². The molecule has 0 fully saturated rings. The molecule has 3 aromatic heterocycles. The van der Waals surface area contributed by atoms with Crippen molar-refractivity contribution in [1.29, 1.82) is 0 Å². The summed E-state index contributed by atoms with van der Waals surface area (Å²) >= 11 is 0. The lowest BCUT2D eigenvalue weighted by Gasteiger charge is -2.33. The highest BCUT2D eigenvalue weighted by atomic mass is 15.2. The highest BCUT2D eigenvalue weighted by molar-refractivity contribution is 6.21. The van der Waals surface area contributed by atoms with E-state index in [4.69, 9.17) is 9.97 Å². The minimum atomic E-state index is 0.860. The summed E-state index contributed by atoms with van der Waals surface area (Å²) in [6.07, 6.45) is 3.87. The SMILES string of the molecule is c1ccc(-c2ccnc(N3c4cc5c(cc4-c4ccc(-c6ccccc6)c6cccc3c46)c3cc(-c4ccccc4)ccc3n5-c3cc(-c4ccccc4)ccn3)c2)cc1. The molecule has 4 heteroatoms. The molecule has 0 N–H and O–H groups in total. The Labute approximate surface area is 347 Å². The van der Waals surface area contributed by atoms with Gasteiger partial charge in [-0.2, -0.15) is 0 Å². The molecule has 0 spiro atoms. The molecular weight excluding hydrogens is 729 g/mol. The molecule has 8 aromatic carbocycles. The second kappa shape index (κ2) is 13.8. The maximum Gasteiger partial charge on any atom is 0.138 e. The van der Waals surface area contributed by atoms with E-state index in [2.05, 4.69) is 216 Å². The van der Waals surface area contributed by atoms with Crippen LogP contribution < -0.4 is 4.90 Å². The average molecular weight is 765 g/mol. The standard InChI is InChI=1S/C56H36N4/c1-5-14-37(15-6-1)41-24-27-50-47(32-41)49-35-48-46-26-25-44(40-20-11-4-12-21-40)45-22-13-23-51(56(45)46)60(55-34-43(29-31-58-55)39-18-9-3-10-19-39)52(48)36-53(49)59(50)54-33-42(28-30-57-54)38-16-7-2-8-17-38/h1-36H. The summed E-state index contributed by atoms with van der Waals surface area (Å²) in [6.45, 7) is 0. The normalized spacial score (nSPS) is 12.0. The number of aromatic nitrogens is 3. The number of rotatable bonds is 6. The van der Waals surface area contributed by atoms with Gasteiger partial charge < -0.3 is 0 Å². The molecule has 0 radical (unpaired) electrons. The van der Waals surface area contributed by atoms with Gasteiger partial charge in [-0.3, -0.25) is 9.47 Å². The Morgan fingerprint density at radius 1 is 0.300 bits per heavy atom. The predicted molar refractivity (Wildman–Crippen MR) is 249 cm³/mol. The lowest BCUT2D eigenvalue weighted by Crippen LogP contribution is -2.16. The molecule has 60 heavy (non-hydrogen) atoms. The highest BCUT2D eigenvalue weighted by Crippen LogP contribution is 2.54. The van der Waals surface area contributed by atoms with E-state index < -0.39 is 0 Å². The van der Waals surface area contributed by atoms with Crippen molar-refractivity contribution in [2.24, 2.45) is 0 Å². The molecule has 0 aliphatic carbocycles. The van der Waals surface area contributed by atoms with Crippen LogP contribution in [0.4, 0.5) is 17.2 Å². The van der Waals surface area contributed by atoms with Crippen LogP contribution in [0.25, 0.3) is 94.0 Å². The lowest BCUT2D eigenvalue weighted by molar-refractivity contribution is 1.08. The van der Waals surface area contributed by atoms with Crippen LogP contribution in [0.5, 0.6) is 0 Å². The number of nitrogens with zero attached hydrogens (tertiary/aromatic N) is 4. The minimum absolute atomic E-state index is 0.860. The zero-order valence-electron chi connectivity index (χ0n) is 32.6. The van der Waals surface area contributed by atoms with Crippen molar-refractivity contribution in [3.8, 4) is 61.5 Å². The summed E-state index contributed by atoms with van der Waals surface area (Å²) in [6, 6.07) is 74.1. The van der Waals surface area contributed by atoms with Crippen LogP contribution in [0.15, 0.2) is 219 Å². The first-order valence-corrected chi connectivity index (χ1v) is 20.4. The Morgan fingerprint density at radius 2 is 0.850 bits per heavy atom. The highest BCUT2D eigenvalue weighted by Gasteiger charge is 2.30. The first kappa shape index (κ1) is 34.0. The van der Waals surface area contributed by atoms with E-state index in [0.29, 0.717) is 0 Å². The summed E-state index contributed by atoms with van der Waals surface area (Å²) in [7, 11) is 0. The summed E-state index contributed by atoms with van der Waals surface area (Å²) in [5, 5.41) is 4.76. The van der Waals surface area contributed by atoms with Gasteiger partial charge in [-0.1, -0.05) is 152 Å². The van der Waals surface area contributed by atoms with Gasteiger partial charge in [0.15, 0.2) is 0 Å². The van der Waals surface area contributed by atoms with E-state index in [1.807, 2.05) is 12.4 Å². The van der Waals surface area contributed by atoms with Crippen LogP contribution in [0.2, 0.25) is 0 Å². The molecule has 0 saturated carbocycles. The van der Waals surface area contributed by atoms with Gasteiger partial charge in [0.2, 0.25) is 0 Å². The van der Waals surface area contributed by atoms with Crippen molar-refractivity contribution in [1.82, 2.24) is 14.5 Å². The second-order valence-electron chi connectivity index (χ2n) is 15.4. The third-order valence-electron chi connectivity index (χ3n) is 12.0. The van der Waals surface area contributed by atoms with Gasteiger partial charge in [0.1, 0.15) is 11.6 Å². The molecular formula is C56H36N4. The average Bonchev–Trinajstić information content (AvgIpc) is 3.65. The summed E-state index contributed by atoms with van der Waals surface area (Å²) < 4.78 is 2.34. The second-order valence-corrected chi connectivity index (χ2v) is 15.4. The van der Waals surface area contributed by atoms with Crippen LogP contribution in [-0.4, -0.2) is 14.5 Å². The number of fused-ring (bicyclic) bond motifs is 5. The van der Waals surface area contributed by atoms with Crippen LogP contribution in [0.3, 0.4) is 0 Å². The summed E-state index contributed by atoms with van der Waals surface area (Å²) in [5.74, 6) is 1.73. The first-order chi connectivity index (χ1) is 29.8. The summed E-state index contributed by atoms with van der Waals surface area (Å²) in [4.78, 5) is 12.6. The predicted octanol–water partition coefficient (Wildman–Crippen LogP) is 14.8. The monoisotopic (exact) mass is 764 g/mol. The fraction of sp³-hybridized carbons (Fsp3) is 0. The fourth-order valence-electron chi connectivity index (χ4n) is 9.26. The molecule has 12 rings (SSSR count). The molecule has 0 bridgehead atoms. The molecule has 0 atom stereocenters. The van der Waals surface area contributed by atoms with E-state index >= 15 is 0 Å². The van der Waals surface area contributed by atoms with Gasteiger partial charge >= 0.3 is 0 Å². The Morgan fingerprint density at radius 3 is 1.50 bits per heavy atom. The van der Waals surface area contributed by atoms with Crippen molar-refractivity contribution in [2.75, 3.05) is 4.90 Å². The van der Waals surface area contributed by atoms with Gasteiger partial charge in [0.25, 0.3) is 0 Å². The number of hydrogen-bond acceptors (Lipinski definition) is 3. The van der Waals surface area contributed by atoms with Crippen LogP contribution >= 0.6 is 0 Å². The number of benzene rings is 8. The van der Waals surface area contributed by atoms with Crippen molar-refractivity contribution < 1.29 is 0 Å². The molecule has 0 saturated heterocycles. The largest absolute Gasteiger partial charge is 0.294 e. The molecule has 1 aliphatic rings. The Bertz CT molecular complexity index is 3410. The molecule has 4 nitrogen and oxygen atoms in total. The van der Waals surface area contributed by atoms with Crippen LogP contribution in [-0.2, 0) is 0 Å². The molecule has 0 amide bonds. The zero-order valence-corrected chi connectivity index (χ0v) is 32.6. The molecule has 4 heterocycles. The molecule has 0 unspecified atom stereocenters. The number of pyridine rings is 2. The van der Waals surface area contributed by atoms with E-state index in [-0.39, 0.29) is 0 Å². The van der Waals surface area contributed by atoms with Crippen LogP contribution in [0.1, 0.15) is 0 Å². The Hall–Kier alpha value is -8.08. The molecule has 1 aliphatic heterocycles. The van der Waals surface area contributed by atoms with Gasteiger partial charge in [0.05, 0.1) is 22.4 Å².